The Kier molecular flexibility index (Phi) is 6.32. The zero-order chi connectivity index (χ0) is 37.9. The first-order valence-electron chi connectivity index (χ1n) is 19.4. The Labute approximate surface area is 329 Å². The molecule has 0 bridgehead atoms. The van der Waals surface area contributed by atoms with Gasteiger partial charge in [-0.3, -0.25) is 4.57 Å². The minimum atomic E-state index is 0.528. The third-order valence-corrected chi connectivity index (χ3v) is 11.6. The minimum absolute atomic E-state index is 0.528. The number of aromatic nitrogens is 5. The molecule has 0 aliphatic rings. The molecule has 0 aliphatic carbocycles. The molecule has 0 atom stereocenters. The van der Waals surface area contributed by atoms with E-state index in [9.17, 15) is 0 Å². The molecule has 0 aliphatic heterocycles. The predicted octanol–water partition coefficient (Wildman–Crippen LogP) is 13.2. The van der Waals surface area contributed by atoms with Gasteiger partial charge in [0.05, 0.1) is 22.1 Å². The summed E-state index contributed by atoms with van der Waals surface area (Å²) in [5.41, 5.74) is 10.2. The van der Waals surface area contributed by atoms with Gasteiger partial charge < -0.3 is 13.4 Å². The minimum Gasteiger partial charge on any atom is -0.456 e. The number of fused-ring (bicyclic) bond motifs is 12. The molecule has 7 nitrogen and oxygen atoms in total. The number of hydrogen-bond donors (Lipinski definition) is 0. The van der Waals surface area contributed by atoms with Crippen LogP contribution in [0.15, 0.2) is 185 Å². The highest BCUT2D eigenvalue weighted by Crippen LogP contribution is 2.41. The number of benzene rings is 8. The van der Waals surface area contributed by atoms with E-state index in [-0.39, 0.29) is 0 Å². The summed E-state index contributed by atoms with van der Waals surface area (Å²) in [5, 5.41) is 8.60. The summed E-state index contributed by atoms with van der Waals surface area (Å²) in [6, 6.07) is 60.7. The Bertz CT molecular complexity index is 3720. The molecule has 5 aromatic heterocycles. The van der Waals surface area contributed by atoms with Crippen LogP contribution >= 0.6 is 0 Å². The highest BCUT2D eigenvalue weighted by molar-refractivity contribution is 6.15. The first-order chi connectivity index (χ1) is 28.8. The van der Waals surface area contributed by atoms with Crippen LogP contribution in [-0.2, 0) is 0 Å². The summed E-state index contributed by atoms with van der Waals surface area (Å²) in [5.74, 6) is 1.63. The van der Waals surface area contributed by atoms with Crippen molar-refractivity contribution >= 4 is 87.5 Å². The smallest absolute Gasteiger partial charge is 0.238 e. The lowest BCUT2D eigenvalue weighted by Crippen LogP contribution is -2.06. The fourth-order valence-corrected chi connectivity index (χ4v) is 9.15. The van der Waals surface area contributed by atoms with E-state index < -0.39 is 0 Å². The van der Waals surface area contributed by atoms with Crippen LogP contribution in [-0.4, -0.2) is 24.1 Å². The van der Waals surface area contributed by atoms with Crippen molar-refractivity contribution in [2.75, 3.05) is 0 Å². The van der Waals surface area contributed by atoms with Crippen LogP contribution in [0.5, 0.6) is 0 Å². The first kappa shape index (κ1) is 31.2. The summed E-state index contributed by atoms with van der Waals surface area (Å²) in [4.78, 5) is 16.0. The van der Waals surface area contributed by atoms with Gasteiger partial charge in [-0.25, -0.2) is 4.98 Å². The van der Waals surface area contributed by atoms with Gasteiger partial charge in [0.15, 0.2) is 11.6 Å². The molecule has 0 radical (unpaired) electrons. The molecule has 5 heterocycles. The third kappa shape index (κ3) is 4.35. The van der Waals surface area contributed by atoms with E-state index in [0.29, 0.717) is 17.6 Å². The maximum Gasteiger partial charge on any atom is 0.238 e. The zero-order valence-electron chi connectivity index (χ0n) is 30.8. The van der Waals surface area contributed by atoms with Gasteiger partial charge in [0.25, 0.3) is 0 Å². The van der Waals surface area contributed by atoms with Gasteiger partial charge in [-0.1, -0.05) is 115 Å². The second-order valence-corrected chi connectivity index (χ2v) is 14.8. The lowest BCUT2D eigenvalue weighted by atomic mass is 10.0. The molecule has 8 aromatic carbocycles. The number of hydrogen-bond acceptors (Lipinski definition) is 5. The molecule has 0 saturated heterocycles. The van der Waals surface area contributed by atoms with E-state index >= 15 is 0 Å². The second kappa shape index (κ2) is 11.7. The maximum absolute atomic E-state index is 6.70. The molecule has 0 N–H and O–H groups in total. The third-order valence-electron chi connectivity index (χ3n) is 11.6. The van der Waals surface area contributed by atoms with E-state index in [1.807, 2.05) is 42.5 Å². The second-order valence-electron chi connectivity index (χ2n) is 14.8. The molecule has 0 amide bonds. The van der Waals surface area contributed by atoms with Crippen molar-refractivity contribution in [3.05, 3.63) is 176 Å². The molecule has 270 valence electrons. The highest BCUT2D eigenvalue weighted by atomic mass is 16.3. The van der Waals surface area contributed by atoms with Crippen LogP contribution in [0, 0.1) is 0 Å². The van der Waals surface area contributed by atoms with Crippen LogP contribution in [0.4, 0.5) is 0 Å². The van der Waals surface area contributed by atoms with Crippen molar-refractivity contribution in [2.45, 2.75) is 0 Å². The van der Waals surface area contributed by atoms with Crippen molar-refractivity contribution in [1.82, 2.24) is 24.1 Å². The molecule has 7 heteroatoms. The van der Waals surface area contributed by atoms with Crippen LogP contribution in [0.2, 0.25) is 0 Å². The Morgan fingerprint density at radius 2 is 0.759 bits per heavy atom. The average Bonchev–Trinajstić information content (AvgIpc) is 4.03. The molecule has 13 rings (SSSR count). The number of furan rings is 2. The lowest BCUT2D eigenvalue weighted by molar-refractivity contribution is 0.668. The lowest BCUT2D eigenvalue weighted by Gasteiger charge is -2.12. The number of nitrogens with zero attached hydrogens (tertiary/aromatic N) is 5. The SMILES string of the molecule is c1ccc2c(c1)oc1cccc(-c3nc(-c4cccc5oc6cc(-n7c8ccccc8c8ccccc87)ccc6c45)nc(-n4c5ccccc5c5ccccc54)n3)c12. The fraction of sp³-hybridized carbons (Fsp3) is 0. The molecule has 0 spiro atoms. The standard InChI is InChI=1S/C51H29N5O2/c1-6-20-39-31(13-1)32-14-2-7-21-40(32)55(39)30-27-28-36-46(29-30)58-45-26-12-19-38(48(36)45)50-52-49(37-18-11-25-44-47(37)35-17-5-10-24-43(35)57-44)53-51(54-50)56-41-22-8-3-15-33(41)34-16-4-9-23-42(34)56/h1-29H. The monoisotopic (exact) mass is 743 g/mol. The number of rotatable bonds is 4. The van der Waals surface area contributed by atoms with Gasteiger partial charge in [0, 0.05) is 66.0 Å². The first-order valence-corrected chi connectivity index (χ1v) is 19.4. The topological polar surface area (TPSA) is 74.8 Å². The molecule has 13 aromatic rings. The largest absolute Gasteiger partial charge is 0.456 e. The van der Waals surface area contributed by atoms with Crippen molar-refractivity contribution < 1.29 is 8.83 Å². The summed E-state index contributed by atoms with van der Waals surface area (Å²) in [7, 11) is 0. The molecule has 0 unspecified atom stereocenters. The summed E-state index contributed by atoms with van der Waals surface area (Å²) < 4.78 is 17.5. The predicted molar refractivity (Wildman–Crippen MR) is 234 cm³/mol. The van der Waals surface area contributed by atoms with Crippen LogP contribution in [0.1, 0.15) is 0 Å². The van der Waals surface area contributed by atoms with E-state index in [2.05, 4.69) is 143 Å². The quantitative estimate of drug-likeness (QED) is 0.179. The van der Waals surface area contributed by atoms with Crippen molar-refractivity contribution in [2.24, 2.45) is 0 Å². The van der Waals surface area contributed by atoms with Gasteiger partial charge in [0.2, 0.25) is 5.95 Å². The van der Waals surface area contributed by atoms with Crippen molar-refractivity contribution in [3.63, 3.8) is 0 Å². The highest BCUT2D eigenvalue weighted by Gasteiger charge is 2.23. The zero-order valence-corrected chi connectivity index (χ0v) is 30.8. The van der Waals surface area contributed by atoms with Crippen molar-refractivity contribution in [1.29, 1.82) is 0 Å². The average molecular weight is 744 g/mol. The van der Waals surface area contributed by atoms with Crippen molar-refractivity contribution in [3.8, 4) is 34.4 Å². The molecular formula is C51H29N5O2. The van der Waals surface area contributed by atoms with Crippen LogP contribution < -0.4 is 0 Å². The summed E-state index contributed by atoms with van der Waals surface area (Å²) >= 11 is 0. The Balaban J connectivity index is 1.08. The van der Waals surface area contributed by atoms with E-state index in [4.69, 9.17) is 23.8 Å². The molecule has 0 saturated carbocycles. The van der Waals surface area contributed by atoms with Gasteiger partial charge in [-0.05, 0) is 54.6 Å². The summed E-state index contributed by atoms with van der Waals surface area (Å²) in [6.45, 7) is 0. The van der Waals surface area contributed by atoms with Gasteiger partial charge >= 0.3 is 0 Å². The maximum atomic E-state index is 6.70. The van der Waals surface area contributed by atoms with E-state index in [0.717, 1.165) is 93.5 Å². The van der Waals surface area contributed by atoms with E-state index in [1.54, 1.807) is 0 Å². The van der Waals surface area contributed by atoms with Gasteiger partial charge in [-0.2, -0.15) is 9.97 Å². The number of para-hydroxylation sites is 5. The molecule has 0 fully saturated rings. The Morgan fingerprint density at radius 1 is 0.328 bits per heavy atom. The van der Waals surface area contributed by atoms with Gasteiger partial charge in [-0.15, -0.1) is 0 Å². The fourth-order valence-electron chi connectivity index (χ4n) is 9.15. The van der Waals surface area contributed by atoms with Crippen LogP contribution in [0.25, 0.3) is 122 Å². The molecular weight excluding hydrogens is 715 g/mol. The van der Waals surface area contributed by atoms with Gasteiger partial charge in [0.1, 0.15) is 22.3 Å². The van der Waals surface area contributed by atoms with Crippen LogP contribution in [0.3, 0.4) is 0 Å². The Morgan fingerprint density at radius 3 is 1.31 bits per heavy atom. The molecule has 58 heavy (non-hydrogen) atoms. The summed E-state index contributed by atoms with van der Waals surface area (Å²) in [6.07, 6.45) is 0. The Hall–Kier alpha value is -8.03. The normalized spacial score (nSPS) is 12.1. The van der Waals surface area contributed by atoms with E-state index in [1.165, 1.54) is 10.8 Å².